The van der Waals surface area contributed by atoms with E-state index < -0.39 is 0 Å². The molecule has 1 aliphatic heterocycles. The van der Waals surface area contributed by atoms with Crippen molar-refractivity contribution in [2.75, 3.05) is 31.1 Å². The van der Waals surface area contributed by atoms with Gasteiger partial charge in [-0.25, -0.2) is 4.98 Å². The number of hydrogen-bond acceptors (Lipinski definition) is 6. The van der Waals surface area contributed by atoms with Crippen molar-refractivity contribution in [3.05, 3.63) is 47.8 Å². The Hall–Kier alpha value is -3.14. The third-order valence-electron chi connectivity index (χ3n) is 4.66. The highest BCUT2D eigenvalue weighted by Gasteiger charge is 2.32. The summed E-state index contributed by atoms with van der Waals surface area (Å²) in [6.45, 7) is 2.43. The molecule has 1 amide bonds. The molecule has 26 heavy (non-hydrogen) atoms. The van der Waals surface area contributed by atoms with Crippen molar-refractivity contribution < 1.29 is 9.21 Å². The van der Waals surface area contributed by atoms with Gasteiger partial charge in [-0.2, -0.15) is 5.26 Å². The van der Waals surface area contributed by atoms with Gasteiger partial charge in [0.2, 0.25) is 23.4 Å². The molecule has 7 heteroatoms. The van der Waals surface area contributed by atoms with E-state index in [1.165, 1.54) is 0 Å². The van der Waals surface area contributed by atoms with Crippen LogP contribution >= 0.6 is 0 Å². The Balaban J connectivity index is 1.37. The van der Waals surface area contributed by atoms with Gasteiger partial charge in [0.05, 0.1) is 0 Å². The van der Waals surface area contributed by atoms with Crippen LogP contribution in [0.4, 0.5) is 5.88 Å². The fourth-order valence-electron chi connectivity index (χ4n) is 3.00. The van der Waals surface area contributed by atoms with E-state index in [4.69, 9.17) is 4.42 Å². The Bertz CT molecular complexity index is 856. The zero-order chi connectivity index (χ0) is 17.9. The van der Waals surface area contributed by atoms with Crippen molar-refractivity contribution >= 4 is 17.9 Å². The maximum Gasteiger partial charge on any atom is 0.246 e. The SMILES string of the molecule is N#Cc1nc(C2CC2)oc1N1CCN(C(=O)/C=C\c2ccncc2)CC1. The number of aromatic nitrogens is 2. The fraction of sp³-hybridized carbons (Fsp3) is 0.368. The van der Waals surface area contributed by atoms with Crippen molar-refractivity contribution in [1.82, 2.24) is 14.9 Å². The Labute approximate surface area is 151 Å². The molecular weight excluding hydrogens is 330 g/mol. The number of carbonyl (C=O) groups is 1. The van der Waals surface area contributed by atoms with Crippen molar-refractivity contribution in [2.45, 2.75) is 18.8 Å². The minimum atomic E-state index is -0.0155. The van der Waals surface area contributed by atoms with Gasteiger partial charge in [-0.05, 0) is 36.6 Å². The lowest BCUT2D eigenvalue weighted by atomic mass is 10.2. The minimum absolute atomic E-state index is 0.0155. The molecule has 0 radical (unpaired) electrons. The molecule has 0 aromatic carbocycles. The van der Waals surface area contributed by atoms with Gasteiger partial charge in [0.15, 0.2) is 0 Å². The molecule has 1 saturated carbocycles. The summed E-state index contributed by atoms with van der Waals surface area (Å²) in [7, 11) is 0. The summed E-state index contributed by atoms with van der Waals surface area (Å²) in [5, 5.41) is 9.31. The predicted octanol–water partition coefficient (Wildman–Crippen LogP) is 2.18. The van der Waals surface area contributed by atoms with Crippen LogP contribution in [0.2, 0.25) is 0 Å². The topological polar surface area (TPSA) is 86.3 Å². The van der Waals surface area contributed by atoms with Gasteiger partial charge in [-0.15, -0.1) is 0 Å². The van der Waals surface area contributed by atoms with Gasteiger partial charge in [0.25, 0.3) is 0 Å². The first-order chi connectivity index (χ1) is 12.7. The highest BCUT2D eigenvalue weighted by molar-refractivity contribution is 5.91. The second-order valence-electron chi connectivity index (χ2n) is 6.52. The normalized spacial score (nSPS) is 17.5. The van der Waals surface area contributed by atoms with Crippen LogP contribution in [0, 0.1) is 11.3 Å². The summed E-state index contributed by atoms with van der Waals surface area (Å²) in [4.78, 5) is 24.4. The van der Waals surface area contributed by atoms with Crippen LogP contribution < -0.4 is 4.90 Å². The summed E-state index contributed by atoms with van der Waals surface area (Å²) in [6.07, 6.45) is 8.94. The highest BCUT2D eigenvalue weighted by atomic mass is 16.4. The molecule has 1 aliphatic carbocycles. The van der Waals surface area contributed by atoms with E-state index in [0.29, 0.717) is 49.6 Å². The molecule has 0 unspecified atom stereocenters. The van der Waals surface area contributed by atoms with Crippen LogP contribution in [-0.2, 0) is 4.79 Å². The number of oxazole rings is 1. The largest absolute Gasteiger partial charge is 0.423 e. The van der Waals surface area contributed by atoms with Gasteiger partial charge in [0, 0.05) is 50.6 Å². The lowest BCUT2D eigenvalue weighted by molar-refractivity contribution is -0.126. The van der Waals surface area contributed by atoms with Crippen LogP contribution in [0.25, 0.3) is 6.08 Å². The summed E-state index contributed by atoms with van der Waals surface area (Å²) in [6, 6.07) is 5.83. The van der Waals surface area contributed by atoms with Crippen molar-refractivity contribution in [3.63, 3.8) is 0 Å². The van der Waals surface area contributed by atoms with Gasteiger partial charge in [0.1, 0.15) is 6.07 Å². The third kappa shape index (κ3) is 3.45. The number of rotatable bonds is 4. The molecule has 2 aromatic rings. The first kappa shape index (κ1) is 16.3. The zero-order valence-electron chi connectivity index (χ0n) is 14.3. The van der Waals surface area contributed by atoms with Crippen LogP contribution in [0.15, 0.2) is 35.0 Å². The first-order valence-corrected chi connectivity index (χ1v) is 8.77. The molecule has 2 fully saturated rings. The summed E-state index contributed by atoms with van der Waals surface area (Å²) in [5.41, 5.74) is 1.30. The molecule has 4 rings (SSSR count). The molecule has 7 nitrogen and oxygen atoms in total. The van der Waals surface area contributed by atoms with E-state index in [9.17, 15) is 10.1 Å². The number of piperazine rings is 1. The average molecular weight is 349 g/mol. The Morgan fingerprint density at radius 1 is 1.23 bits per heavy atom. The zero-order valence-corrected chi connectivity index (χ0v) is 14.3. The molecule has 3 heterocycles. The van der Waals surface area contributed by atoms with E-state index in [2.05, 4.69) is 16.0 Å². The van der Waals surface area contributed by atoms with Crippen molar-refractivity contribution in [3.8, 4) is 6.07 Å². The number of hydrogen-bond donors (Lipinski definition) is 0. The average Bonchev–Trinajstić information content (AvgIpc) is 3.46. The quantitative estimate of drug-likeness (QED) is 0.787. The van der Waals surface area contributed by atoms with Gasteiger partial charge in [-0.3, -0.25) is 9.78 Å². The van der Waals surface area contributed by atoms with Crippen LogP contribution in [0.3, 0.4) is 0 Å². The van der Waals surface area contributed by atoms with E-state index in [-0.39, 0.29) is 5.91 Å². The smallest absolute Gasteiger partial charge is 0.246 e. The second kappa shape index (κ2) is 7.00. The van der Waals surface area contributed by atoms with E-state index >= 15 is 0 Å². The molecule has 1 saturated heterocycles. The highest BCUT2D eigenvalue weighted by Crippen LogP contribution is 2.41. The van der Waals surface area contributed by atoms with Gasteiger partial charge in [-0.1, -0.05) is 0 Å². The number of carbonyl (C=O) groups excluding carboxylic acids is 1. The number of nitrogens with zero attached hydrogens (tertiary/aromatic N) is 5. The molecule has 2 aromatic heterocycles. The number of anilines is 1. The monoisotopic (exact) mass is 349 g/mol. The predicted molar refractivity (Wildman–Crippen MR) is 95.3 cm³/mol. The molecule has 132 valence electrons. The molecule has 0 bridgehead atoms. The summed E-state index contributed by atoms with van der Waals surface area (Å²) in [5.74, 6) is 1.58. The van der Waals surface area contributed by atoms with Crippen LogP contribution in [0.5, 0.6) is 0 Å². The molecular formula is C19H19N5O2. The van der Waals surface area contributed by atoms with Gasteiger partial charge < -0.3 is 14.2 Å². The minimum Gasteiger partial charge on any atom is -0.423 e. The summed E-state index contributed by atoms with van der Waals surface area (Å²) >= 11 is 0. The Morgan fingerprint density at radius 2 is 1.96 bits per heavy atom. The van der Waals surface area contributed by atoms with Crippen LogP contribution in [0.1, 0.15) is 35.9 Å². The van der Waals surface area contributed by atoms with E-state index in [1.807, 2.05) is 17.0 Å². The number of nitriles is 1. The maximum absolute atomic E-state index is 12.4. The van der Waals surface area contributed by atoms with Crippen molar-refractivity contribution in [2.24, 2.45) is 0 Å². The third-order valence-corrected chi connectivity index (χ3v) is 4.66. The molecule has 2 aliphatic rings. The standard InChI is InChI=1S/C19H19N5O2/c20-13-16-19(26-18(22-16)15-2-3-15)24-11-9-23(10-12-24)17(25)4-1-14-5-7-21-8-6-14/h1,4-8,15H,2-3,9-12H2/b4-1-. The molecule has 0 atom stereocenters. The van der Waals surface area contributed by atoms with Crippen LogP contribution in [-0.4, -0.2) is 47.0 Å². The first-order valence-electron chi connectivity index (χ1n) is 8.77. The van der Waals surface area contributed by atoms with E-state index in [1.54, 1.807) is 29.4 Å². The number of pyridine rings is 1. The van der Waals surface area contributed by atoms with Gasteiger partial charge >= 0.3 is 0 Å². The summed E-state index contributed by atoms with van der Waals surface area (Å²) < 4.78 is 5.84. The maximum atomic E-state index is 12.4. The number of amides is 1. The lowest BCUT2D eigenvalue weighted by Gasteiger charge is -2.34. The fourth-order valence-corrected chi connectivity index (χ4v) is 3.00. The second-order valence-corrected chi connectivity index (χ2v) is 6.52. The van der Waals surface area contributed by atoms with Crippen molar-refractivity contribution in [1.29, 1.82) is 5.26 Å². The van der Waals surface area contributed by atoms with E-state index in [0.717, 1.165) is 18.4 Å². The molecule has 0 spiro atoms. The Kier molecular flexibility index (Phi) is 4.40. The Morgan fingerprint density at radius 3 is 2.62 bits per heavy atom. The molecule has 0 N–H and O–H groups in total. The lowest BCUT2D eigenvalue weighted by Crippen LogP contribution is -2.48.